The molecule has 158 valence electrons. The second kappa shape index (κ2) is 9.60. The van der Waals surface area contributed by atoms with Gasteiger partial charge in [0.1, 0.15) is 6.17 Å². The summed E-state index contributed by atoms with van der Waals surface area (Å²) in [6.45, 7) is 0.758. The lowest BCUT2D eigenvalue weighted by Gasteiger charge is -2.28. The number of amides is 1. The molecule has 0 N–H and O–H groups in total. The molecular formula is C23H17Cl4N3O. The van der Waals surface area contributed by atoms with Gasteiger partial charge in [-0.2, -0.15) is 5.10 Å². The van der Waals surface area contributed by atoms with Gasteiger partial charge in [-0.15, -0.1) is 0 Å². The Morgan fingerprint density at radius 1 is 0.903 bits per heavy atom. The molecule has 0 radical (unpaired) electrons. The van der Waals surface area contributed by atoms with E-state index in [4.69, 9.17) is 46.4 Å². The molecule has 4 rings (SSSR count). The van der Waals surface area contributed by atoms with Crippen LogP contribution in [-0.2, 0) is 11.3 Å². The van der Waals surface area contributed by atoms with Gasteiger partial charge in [0.25, 0.3) is 5.91 Å². The molecule has 1 aliphatic rings. The second-order valence-corrected chi connectivity index (χ2v) is 8.77. The molecule has 1 aliphatic heterocycles. The fourth-order valence-electron chi connectivity index (χ4n) is 3.48. The van der Waals surface area contributed by atoms with Crippen LogP contribution in [0.2, 0.25) is 20.1 Å². The van der Waals surface area contributed by atoms with Gasteiger partial charge in [0.05, 0.1) is 17.8 Å². The molecule has 0 spiro atoms. The smallest absolute Gasteiger partial charge is 0.258 e. The lowest BCUT2D eigenvalue weighted by atomic mass is 10.1. The van der Waals surface area contributed by atoms with Crippen LogP contribution < -0.4 is 0 Å². The summed E-state index contributed by atoms with van der Waals surface area (Å²) in [5, 5.41) is 7.88. The molecule has 1 amide bonds. The van der Waals surface area contributed by atoms with Gasteiger partial charge in [-0.3, -0.25) is 9.69 Å². The first-order valence-corrected chi connectivity index (χ1v) is 11.0. The van der Waals surface area contributed by atoms with Crippen LogP contribution in [0, 0.1) is 0 Å². The molecule has 1 heterocycles. The van der Waals surface area contributed by atoms with Crippen molar-refractivity contribution in [3.63, 3.8) is 0 Å². The van der Waals surface area contributed by atoms with Gasteiger partial charge in [0.2, 0.25) is 0 Å². The van der Waals surface area contributed by atoms with E-state index >= 15 is 0 Å². The van der Waals surface area contributed by atoms with Crippen LogP contribution >= 0.6 is 46.4 Å². The fraction of sp³-hybridized carbons (Fsp3) is 0.130. The lowest BCUT2D eigenvalue weighted by Crippen LogP contribution is -2.29. The number of carbonyl (C=O) groups is 1. The predicted molar refractivity (Wildman–Crippen MR) is 127 cm³/mol. The molecule has 3 aromatic rings. The Bertz CT molecular complexity index is 1140. The summed E-state index contributed by atoms with van der Waals surface area (Å²) in [6, 6.07) is 20.3. The summed E-state index contributed by atoms with van der Waals surface area (Å²) in [6.07, 6.45) is 1.07. The third-order valence-electron chi connectivity index (χ3n) is 4.92. The van der Waals surface area contributed by atoms with Crippen LogP contribution in [0.4, 0.5) is 0 Å². The van der Waals surface area contributed by atoms with E-state index in [-0.39, 0.29) is 12.5 Å². The van der Waals surface area contributed by atoms with E-state index < -0.39 is 6.17 Å². The summed E-state index contributed by atoms with van der Waals surface area (Å²) >= 11 is 24.8. The van der Waals surface area contributed by atoms with Crippen molar-refractivity contribution in [3.8, 4) is 0 Å². The first-order valence-electron chi connectivity index (χ1n) is 9.46. The topological polar surface area (TPSA) is 35.9 Å². The molecule has 1 fully saturated rings. The largest absolute Gasteiger partial charge is 0.271 e. The van der Waals surface area contributed by atoms with Gasteiger partial charge in [-0.1, -0.05) is 88.9 Å². The average molecular weight is 493 g/mol. The maximum Gasteiger partial charge on any atom is 0.258 e. The maximum absolute atomic E-state index is 12.9. The van der Waals surface area contributed by atoms with Crippen LogP contribution in [0.15, 0.2) is 71.8 Å². The van der Waals surface area contributed by atoms with Crippen LogP contribution in [-0.4, -0.2) is 28.6 Å². The highest BCUT2D eigenvalue weighted by Crippen LogP contribution is 2.37. The highest BCUT2D eigenvalue weighted by Gasteiger charge is 2.40. The number of hydrogen-bond donors (Lipinski definition) is 0. The molecule has 3 aromatic carbocycles. The zero-order valence-corrected chi connectivity index (χ0v) is 19.2. The summed E-state index contributed by atoms with van der Waals surface area (Å²) in [4.78, 5) is 15.0. The van der Waals surface area contributed by atoms with Gasteiger partial charge in [-0.05, 0) is 29.8 Å². The molecule has 0 saturated carbocycles. The molecule has 4 nitrogen and oxygen atoms in total. The molecule has 31 heavy (non-hydrogen) atoms. The molecule has 0 aliphatic carbocycles. The van der Waals surface area contributed by atoms with Crippen molar-refractivity contribution in [1.29, 1.82) is 0 Å². The fourth-order valence-corrected chi connectivity index (χ4v) is 4.44. The van der Waals surface area contributed by atoms with Crippen molar-refractivity contribution in [2.75, 3.05) is 6.54 Å². The Hall–Kier alpha value is -2.08. The van der Waals surface area contributed by atoms with Crippen LogP contribution in [0.1, 0.15) is 22.9 Å². The van der Waals surface area contributed by atoms with Gasteiger partial charge in [0.15, 0.2) is 0 Å². The van der Waals surface area contributed by atoms with E-state index in [1.165, 1.54) is 5.01 Å². The van der Waals surface area contributed by atoms with Crippen molar-refractivity contribution in [3.05, 3.63) is 104 Å². The maximum atomic E-state index is 12.9. The van der Waals surface area contributed by atoms with Crippen LogP contribution in [0.25, 0.3) is 0 Å². The number of halogens is 4. The third-order valence-corrected chi connectivity index (χ3v) is 6.05. The van der Waals surface area contributed by atoms with E-state index in [9.17, 15) is 4.79 Å². The third kappa shape index (κ3) is 5.05. The Labute approximate surface area is 200 Å². The number of rotatable bonds is 5. The summed E-state index contributed by atoms with van der Waals surface area (Å²) in [7, 11) is 0. The van der Waals surface area contributed by atoms with Crippen molar-refractivity contribution >= 4 is 58.5 Å². The number of nitrogens with zero attached hydrogens (tertiary/aromatic N) is 3. The number of carbonyl (C=O) groups excluding carboxylic acids is 1. The SMILES string of the molecule is O=C1CN(Cc2ccccc2)[C@H](c2ccc(Cl)cc2Cl)N1/N=C\c1ccc(Cl)cc1Cl. The standard InChI is InChI=1S/C23H17Cl4N3O/c24-17-7-6-16(20(26)10-17)12-28-30-22(31)14-29(13-15-4-2-1-3-5-15)23(30)19-9-8-18(25)11-21(19)27/h1-12,23H,13-14H2/b28-12-/t23-/m0/s1. The molecule has 0 unspecified atom stereocenters. The predicted octanol–water partition coefficient (Wildman–Crippen LogP) is 6.68. The summed E-state index contributed by atoms with van der Waals surface area (Å²) < 4.78 is 0. The van der Waals surface area contributed by atoms with Crippen molar-refractivity contribution in [1.82, 2.24) is 9.91 Å². The number of hydrogen-bond acceptors (Lipinski definition) is 3. The zero-order chi connectivity index (χ0) is 22.0. The quantitative estimate of drug-likeness (QED) is 0.372. The van der Waals surface area contributed by atoms with E-state index in [1.54, 1.807) is 36.5 Å². The normalized spacial score (nSPS) is 17.1. The van der Waals surface area contributed by atoms with E-state index in [0.717, 1.165) is 11.1 Å². The first kappa shape index (κ1) is 22.1. The van der Waals surface area contributed by atoms with Crippen LogP contribution in [0.3, 0.4) is 0 Å². The minimum atomic E-state index is -0.486. The number of hydrazone groups is 1. The van der Waals surface area contributed by atoms with Crippen molar-refractivity contribution in [2.24, 2.45) is 5.10 Å². The first-order chi connectivity index (χ1) is 14.9. The molecule has 1 atom stereocenters. The highest BCUT2D eigenvalue weighted by molar-refractivity contribution is 6.36. The summed E-state index contributed by atoms with van der Waals surface area (Å²) in [5.74, 6) is -0.145. The molecule has 0 aromatic heterocycles. The van der Waals surface area contributed by atoms with Gasteiger partial charge >= 0.3 is 0 Å². The van der Waals surface area contributed by atoms with Crippen molar-refractivity contribution in [2.45, 2.75) is 12.7 Å². The van der Waals surface area contributed by atoms with Gasteiger partial charge in [0, 0.05) is 32.7 Å². The van der Waals surface area contributed by atoms with Gasteiger partial charge in [-0.25, -0.2) is 5.01 Å². The molecule has 1 saturated heterocycles. The second-order valence-electron chi connectivity index (χ2n) is 7.08. The van der Waals surface area contributed by atoms with Crippen LogP contribution in [0.5, 0.6) is 0 Å². The summed E-state index contributed by atoms with van der Waals surface area (Å²) in [5.41, 5.74) is 2.48. The highest BCUT2D eigenvalue weighted by atomic mass is 35.5. The van der Waals surface area contributed by atoms with E-state index in [2.05, 4.69) is 5.10 Å². The van der Waals surface area contributed by atoms with E-state index in [0.29, 0.717) is 32.2 Å². The molecule has 8 heteroatoms. The average Bonchev–Trinajstić information content (AvgIpc) is 3.03. The van der Waals surface area contributed by atoms with Gasteiger partial charge < -0.3 is 0 Å². The Kier molecular flexibility index (Phi) is 6.85. The minimum Gasteiger partial charge on any atom is -0.271 e. The molecular weight excluding hydrogens is 476 g/mol. The zero-order valence-electron chi connectivity index (χ0n) is 16.2. The molecule has 0 bridgehead atoms. The lowest BCUT2D eigenvalue weighted by molar-refractivity contribution is -0.128. The minimum absolute atomic E-state index is 0.145. The van der Waals surface area contributed by atoms with Crippen molar-refractivity contribution < 1.29 is 4.79 Å². The Balaban J connectivity index is 1.71. The Morgan fingerprint density at radius 3 is 2.26 bits per heavy atom. The Morgan fingerprint density at radius 2 is 1.58 bits per heavy atom. The monoisotopic (exact) mass is 491 g/mol. The van der Waals surface area contributed by atoms with E-state index in [1.807, 2.05) is 41.3 Å². The number of benzene rings is 3.